The topological polar surface area (TPSA) is 104 Å². The van der Waals surface area contributed by atoms with Crippen molar-refractivity contribution in [2.24, 2.45) is 0 Å². The highest BCUT2D eigenvalue weighted by Crippen LogP contribution is 2.28. The normalized spacial score (nSPS) is 14.5. The van der Waals surface area contributed by atoms with Gasteiger partial charge in [-0.2, -0.15) is 0 Å². The van der Waals surface area contributed by atoms with Gasteiger partial charge >= 0.3 is 6.09 Å². The summed E-state index contributed by atoms with van der Waals surface area (Å²) < 4.78 is 11.3. The van der Waals surface area contributed by atoms with Crippen molar-refractivity contribution in [3.05, 3.63) is 65.0 Å². The molecule has 0 atom stereocenters. The number of anilines is 1. The van der Waals surface area contributed by atoms with Crippen LogP contribution in [0.5, 0.6) is 11.5 Å². The Morgan fingerprint density at radius 3 is 2.37 bits per heavy atom. The summed E-state index contributed by atoms with van der Waals surface area (Å²) in [7, 11) is 0. The van der Waals surface area contributed by atoms with Crippen molar-refractivity contribution >= 4 is 28.6 Å². The molecule has 2 aromatic carbocycles. The summed E-state index contributed by atoms with van der Waals surface area (Å²) in [6.07, 6.45) is -0.322. The number of nitrogens with zero attached hydrogens (tertiary/aromatic N) is 2. The molecule has 0 spiro atoms. The number of hydrogen-bond donors (Lipinski definition) is 2. The number of benzene rings is 2. The van der Waals surface area contributed by atoms with E-state index in [1.165, 1.54) is 6.07 Å². The van der Waals surface area contributed by atoms with E-state index in [1.807, 2.05) is 49.9 Å². The molecule has 2 heterocycles. The van der Waals surface area contributed by atoms with E-state index in [0.29, 0.717) is 48.9 Å². The number of H-pyrrole nitrogens is 1. The highest BCUT2D eigenvalue weighted by molar-refractivity contribution is 5.92. The van der Waals surface area contributed by atoms with Crippen LogP contribution >= 0.6 is 0 Å². The Hall–Kier alpha value is -3.85. The SMILES string of the molecule is CC(C)(C)OC(=O)N1CCN(CC(=O)Nc2ccc(Oc3cc(=O)[nH]c4ccccc34)cc2)CC1. The number of nitrogens with one attached hydrogen (secondary N) is 2. The molecule has 2 N–H and O–H groups in total. The number of piperazine rings is 1. The molecule has 2 amide bonds. The average Bonchev–Trinajstić information content (AvgIpc) is 2.79. The summed E-state index contributed by atoms with van der Waals surface area (Å²) in [5.41, 5.74) is 0.576. The zero-order valence-electron chi connectivity index (χ0n) is 20.2. The maximum atomic E-state index is 12.5. The van der Waals surface area contributed by atoms with Crippen LogP contribution in [0.2, 0.25) is 0 Å². The van der Waals surface area contributed by atoms with Crippen molar-refractivity contribution in [2.75, 3.05) is 38.0 Å². The van der Waals surface area contributed by atoms with Crippen LogP contribution in [0.25, 0.3) is 10.9 Å². The van der Waals surface area contributed by atoms with Crippen molar-refractivity contribution in [1.29, 1.82) is 0 Å². The molecule has 1 fully saturated rings. The van der Waals surface area contributed by atoms with Gasteiger partial charge in [0.05, 0.1) is 12.1 Å². The third kappa shape index (κ3) is 6.60. The molecule has 9 nitrogen and oxygen atoms in total. The lowest BCUT2D eigenvalue weighted by Gasteiger charge is -2.35. The van der Waals surface area contributed by atoms with Gasteiger partial charge in [0.15, 0.2) is 0 Å². The second-order valence-electron chi connectivity index (χ2n) is 9.46. The summed E-state index contributed by atoms with van der Waals surface area (Å²) >= 11 is 0. The van der Waals surface area contributed by atoms with Crippen molar-refractivity contribution in [2.45, 2.75) is 26.4 Å². The van der Waals surface area contributed by atoms with Crippen LogP contribution in [0.3, 0.4) is 0 Å². The molecule has 0 radical (unpaired) electrons. The number of para-hydroxylation sites is 1. The highest BCUT2D eigenvalue weighted by atomic mass is 16.6. The number of rotatable bonds is 5. The Balaban J connectivity index is 1.28. The molecule has 1 aliphatic heterocycles. The first-order valence-corrected chi connectivity index (χ1v) is 11.6. The quantitative estimate of drug-likeness (QED) is 0.578. The zero-order chi connectivity index (χ0) is 25.0. The summed E-state index contributed by atoms with van der Waals surface area (Å²) in [6.45, 7) is 8.00. The molecule has 1 saturated heterocycles. The molecule has 184 valence electrons. The zero-order valence-corrected chi connectivity index (χ0v) is 20.2. The molecule has 35 heavy (non-hydrogen) atoms. The van der Waals surface area contributed by atoms with Gasteiger partial charge in [0.2, 0.25) is 5.91 Å². The molecule has 9 heteroatoms. The fourth-order valence-electron chi connectivity index (χ4n) is 3.81. The van der Waals surface area contributed by atoms with E-state index >= 15 is 0 Å². The standard InChI is InChI=1S/C26H30N4O5/c1-26(2,3)35-25(33)30-14-12-29(13-15-30)17-24(32)27-18-8-10-19(11-9-18)34-22-16-23(31)28-21-7-5-4-6-20(21)22/h4-11,16H,12-15,17H2,1-3H3,(H,27,32)(H,28,31). The lowest BCUT2D eigenvalue weighted by molar-refractivity contribution is -0.117. The first kappa shape index (κ1) is 24.3. The van der Waals surface area contributed by atoms with Crippen LogP contribution in [0.15, 0.2) is 59.4 Å². The lowest BCUT2D eigenvalue weighted by Crippen LogP contribution is -2.51. The molecule has 0 unspecified atom stereocenters. The smallest absolute Gasteiger partial charge is 0.410 e. The Morgan fingerprint density at radius 1 is 1.00 bits per heavy atom. The Bertz CT molecular complexity index is 1260. The van der Waals surface area contributed by atoms with E-state index in [-0.39, 0.29) is 24.1 Å². The first-order chi connectivity index (χ1) is 16.7. The summed E-state index contributed by atoms with van der Waals surface area (Å²) in [6, 6.07) is 15.8. The summed E-state index contributed by atoms with van der Waals surface area (Å²) in [5.74, 6) is 0.883. The minimum atomic E-state index is -0.527. The highest BCUT2D eigenvalue weighted by Gasteiger charge is 2.26. The van der Waals surface area contributed by atoms with Gasteiger partial charge in [-0.15, -0.1) is 0 Å². The third-order valence-electron chi connectivity index (χ3n) is 5.47. The molecule has 1 aromatic heterocycles. The van der Waals surface area contributed by atoms with Gasteiger partial charge in [0.25, 0.3) is 5.56 Å². The van der Waals surface area contributed by atoms with Crippen LogP contribution in [0, 0.1) is 0 Å². The fraction of sp³-hybridized carbons (Fsp3) is 0.346. The number of amides is 2. The van der Waals surface area contributed by atoms with E-state index < -0.39 is 5.60 Å². The van der Waals surface area contributed by atoms with Crippen LogP contribution in [0.4, 0.5) is 10.5 Å². The molecular formula is C26H30N4O5. The Labute approximate surface area is 203 Å². The number of carbonyl (C=O) groups is 2. The van der Waals surface area contributed by atoms with Crippen molar-refractivity contribution in [3.63, 3.8) is 0 Å². The number of ether oxygens (including phenoxy) is 2. The van der Waals surface area contributed by atoms with Gasteiger partial charge in [0, 0.05) is 43.3 Å². The molecule has 1 aliphatic rings. The van der Waals surface area contributed by atoms with Crippen molar-refractivity contribution in [3.8, 4) is 11.5 Å². The van der Waals surface area contributed by atoms with E-state index in [1.54, 1.807) is 29.2 Å². The minimum absolute atomic E-state index is 0.134. The minimum Gasteiger partial charge on any atom is -0.456 e. The largest absolute Gasteiger partial charge is 0.456 e. The van der Waals surface area contributed by atoms with E-state index in [0.717, 1.165) is 5.39 Å². The number of pyridine rings is 1. The second kappa shape index (κ2) is 10.2. The first-order valence-electron chi connectivity index (χ1n) is 11.6. The molecule has 4 rings (SSSR count). The fourth-order valence-corrected chi connectivity index (χ4v) is 3.81. The molecule has 0 bridgehead atoms. The molecule has 3 aromatic rings. The van der Waals surface area contributed by atoms with Gasteiger partial charge in [-0.25, -0.2) is 4.79 Å². The van der Waals surface area contributed by atoms with Crippen LogP contribution in [-0.4, -0.2) is 65.1 Å². The lowest BCUT2D eigenvalue weighted by atomic mass is 10.2. The maximum absolute atomic E-state index is 12.5. The van der Waals surface area contributed by atoms with E-state index in [2.05, 4.69) is 10.3 Å². The van der Waals surface area contributed by atoms with Gasteiger partial charge in [0.1, 0.15) is 17.1 Å². The number of aromatic amines is 1. The molecule has 0 saturated carbocycles. The number of carbonyl (C=O) groups excluding carboxylic acids is 2. The maximum Gasteiger partial charge on any atom is 0.410 e. The predicted octanol–water partition coefficient (Wildman–Crippen LogP) is 3.81. The third-order valence-corrected chi connectivity index (χ3v) is 5.47. The summed E-state index contributed by atoms with van der Waals surface area (Å²) in [5, 5.41) is 3.69. The van der Waals surface area contributed by atoms with Crippen molar-refractivity contribution in [1.82, 2.24) is 14.8 Å². The number of fused-ring (bicyclic) bond motifs is 1. The molecular weight excluding hydrogens is 448 g/mol. The number of hydrogen-bond acceptors (Lipinski definition) is 6. The predicted molar refractivity (Wildman–Crippen MR) is 134 cm³/mol. The molecule has 0 aliphatic carbocycles. The summed E-state index contributed by atoms with van der Waals surface area (Å²) in [4.78, 5) is 43.1. The van der Waals surface area contributed by atoms with Crippen molar-refractivity contribution < 1.29 is 19.1 Å². The van der Waals surface area contributed by atoms with Gasteiger partial charge in [-0.1, -0.05) is 12.1 Å². The van der Waals surface area contributed by atoms with Crippen LogP contribution in [-0.2, 0) is 9.53 Å². The van der Waals surface area contributed by atoms with Gasteiger partial charge in [-0.3, -0.25) is 14.5 Å². The number of aromatic nitrogens is 1. The Morgan fingerprint density at radius 2 is 1.69 bits per heavy atom. The monoisotopic (exact) mass is 478 g/mol. The van der Waals surface area contributed by atoms with E-state index in [9.17, 15) is 14.4 Å². The van der Waals surface area contributed by atoms with Crippen LogP contribution < -0.4 is 15.6 Å². The second-order valence-corrected chi connectivity index (χ2v) is 9.46. The van der Waals surface area contributed by atoms with Gasteiger partial charge in [-0.05, 0) is 57.2 Å². The van der Waals surface area contributed by atoms with E-state index in [4.69, 9.17) is 9.47 Å². The van der Waals surface area contributed by atoms with Gasteiger partial charge < -0.3 is 24.7 Å². The Kier molecular flexibility index (Phi) is 7.07. The van der Waals surface area contributed by atoms with Crippen LogP contribution in [0.1, 0.15) is 20.8 Å². The average molecular weight is 479 g/mol.